The highest BCUT2D eigenvalue weighted by Gasteiger charge is 2.37. The van der Waals surface area contributed by atoms with Gasteiger partial charge in [0.05, 0.1) is 5.92 Å². The molecule has 29 heavy (non-hydrogen) atoms. The average molecular weight is 415 g/mol. The molecule has 1 aliphatic rings. The lowest BCUT2D eigenvalue weighted by Crippen LogP contribution is -2.44. The number of nitrogens with zero attached hydrogens (tertiary/aromatic N) is 1. The van der Waals surface area contributed by atoms with E-state index in [1.807, 2.05) is 19.1 Å². The predicted molar refractivity (Wildman–Crippen MR) is 94.8 cm³/mol. The van der Waals surface area contributed by atoms with E-state index in [-0.39, 0.29) is 18.9 Å². The van der Waals surface area contributed by atoms with Gasteiger partial charge in [0.2, 0.25) is 5.91 Å². The number of ether oxygens (including phenoxy) is 1. The third kappa shape index (κ3) is 6.47. The van der Waals surface area contributed by atoms with Crippen LogP contribution in [0.5, 0.6) is 0 Å². The summed E-state index contributed by atoms with van der Waals surface area (Å²) >= 11 is 0. The number of imide groups is 1. The van der Waals surface area contributed by atoms with Gasteiger partial charge in [0.25, 0.3) is 5.91 Å². The molecule has 0 spiro atoms. The SMILES string of the molecule is CCc1ccccc1N1C[C@@H](C(=O)OCC(=O)NC(=O)NCC(F)(F)F)CC1=O. The van der Waals surface area contributed by atoms with Gasteiger partial charge in [0, 0.05) is 18.7 Å². The Morgan fingerprint density at radius 2 is 1.93 bits per heavy atom. The minimum Gasteiger partial charge on any atom is -0.455 e. The lowest BCUT2D eigenvalue weighted by Gasteiger charge is -2.19. The van der Waals surface area contributed by atoms with Crippen molar-refractivity contribution < 1.29 is 37.1 Å². The van der Waals surface area contributed by atoms with E-state index in [9.17, 15) is 32.3 Å². The van der Waals surface area contributed by atoms with Gasteiger partial charge in [-0.25, -0.2) is 4.79 Å². The molecule has 158 valence electrons. The van der Waals surface area contributed by atoms with Crippen molar-refractivity contribution in [1.29, 1.82) is 0 Å². The number of hydrogen-bond acceptors (Lipinski definition) is 5. The molecule has 1 saturated heterocycles. The van der Waals surface area contributed by atoms with Gasteiger partial charge in [-0.1, -0.05) is 25.1 Å². The van der Waals surface area contributed by atoms with Crippen LogP contribution in [-0.4, -0.2) is 49.7 Å². The summed E-state index contributed by atoms with van der Waals surface area (Å²) in [5.41, 5.74) is 1.65. The summed E-state index contributed by atoms with van der Waals surface area (Å²) in [6.07, 6.45) is -4.01. The number of nitrogens with one attached hydrogen (secondary N) is 2. The highest BCUT2D eigenvalue weighted by Crippen LogP contribution is 2.29. The number of para-hydroxylation sites is 1. The number of carbonyl (C=O) groups is 4. The molecule has 0 radical (unpaired) electrons. The first kappa shape index (κ1) is 22.2. The van der Waals surface area contributed by atoms with Gasteiger partial charge in [0.1, 0.15) is 6.54 Å². The number of esters is 1. The molecule has 1 heterocycles. The maximum atomic E-state index is 12.3. The molecule has 0 unspecified atom stereocenters. The molecule has 1 aromatic rings. The molecule has 0 aromatic heterocycles. The van der Waals surface area contributed by atoms with Crippen molar-refractivity contribution in [3.05, 3.63) is 29.8 Å². The normalized spacial score (nSPS) is 16.5. The quantitative estimate of drug-likeness (QED) is 0.686. The highest BCUT2D eigenvalue weighted by molar-refractivity contribution is 6.00. The third-order valence-corrected chi connectivity index (χ3v) is 4.17. The van der Waals surface area contributed by atoms with E-state index in [0.29, 0.717) is 12.1 Å². The number of anilines is 1. The summed E-state index contributed by atoms with van der Waals surface area (Å²) in [6, 6.07) is 5.92. The topological polar surface area (TPSA) is 105 Å². The van der Waals surface area contributed by atoms with Crippen LogP contribution in [-0.2, 0) is 25.5 Å². The fraction of sp³-hybridized carbons (Fsp3) is 0.444. The fourth-order valence-electron chi connectivity index (χ4n) is 2.81. The van der Waals surface area contributed by atoms with Crippen molar-refractivity contribution in [2.75, 3.05) is 24.6 Å². The molecule has 0 saturated carbocycles. The Kier molecular flexibility index (Phi) is 7.18. The van der Waals surface area contributed by atoms with Crippen molar-refractivity contribution in [3.63, 3.8) is 0 Å². The van der Waals surface area contributed by atoms with Crippen LogP contribution in [0.3, 0.4) is 0 Å². The lowest BCUT2D eigenvalue weighted by molar-refractivity contribution is -0.152. The molecule has 1 atom stereocenters. The minimum absolute atomic E-state index is 0.0857. The van der Waals surface area contributed by atoms with Crippen molar-refractivity contribution in [1.82, 2.24) is 10.6 Å². The maximum Gasteiger partial charge on any atom is 0.405 e. The second-order valence-electron chi connectivity index (χ2n) is 6.34. The fourth-order valence-corrected chi connectivity index (χ4v) is 2.81. The first-order valence-electron chi connectivity index (χ1n) is 8.80. The lowest BCUT2D eigenvalue weighted by atomic mass is 10.1. The Hall–Kier alpha value is -3.11. The Labute approximate surface area is 164 Å². The summed E-state index contributed by atoms with van der Waals surface area (Å²) in [7, 11) is 0. The van der Waals surface area contributed by atoms with Gasteiger partial charge in [0.15, 0.2) is 6.61 Å². The van der Waals surface area contributed by atoms with Crippen molar-refractivity contribution in [2.45, 2.75) is 25.9 Å². The van der Waals surface area contributed by atoms with Gasteiger partial charge in [-0.05, 0) is 18.1 Å². The molecule has 1 aliphatic heterocycles. The molecule has 2 N–H and O–H groups in total. The zero-order valence-corrected chi connectivity index (χ0v) is 15.5. The van der Waals surface area contributed by atoms with E-state index < -0.39 is 43.2 Å². The molecule has 1 fully saturated rings. The standard InChI is InChI=1S/C18H20F3N3O5/c1-2-11-5-3-4-6-13(11)24-8-12(7-15(24)26)16(27)29-9-14(25)23-17(28)22-10-18(19,20)21/h3-6,12H,2,7-10H2,1H3,(H2,22,23,25,28)/t12-/m0/s1. The van der Waals surface area contributed by atoms with Gasteiger partial charge in [-0.3, -0.25) is 19.7 Å². The zero-order valence-electron chi connectivity index (χ0n) is 15.5. The Bertz CT molecular complexity index is 797. The molecule has 8 nitrogen and oxygen atoms in total. The van der Waals surface area contributed by atoms with Gasteiger partial charge >= 0.3 is 18.2 Å². The minimum atomic E-state index is -4.62. The molecular formula is C18H20F3N3O5. The Balaban J connectivity index is 1.83. The van der Waals surface area contributed by atoms with E-state index in [0.717, 1.165) is 5.56 Å². The van der Waals surface area contributed by atoms with E-state index in [2.05, 4.69) is 0 Å². The molecule has 0 aliphatic carbocycles. The van der Waals surface area contributed by atoms with Crippen LogP contribution in [0.2, 0.25) is 0 Å². The monoisotopic (exact) mass is 415 g/mol. The van der Waals surface area contributed by atoms with Crippen LogP contribution >= 0.6 is 0 Å². The zero-order chi connectivity index (χ0) is 21.6. The Morgan fingerprint density at radius 3 is 2.59 bits per heavy atom. The number of rotatable bonds is 6. The van der Waals surface area contributed by atoms with E-state index in [1.165, 1.54) is 10.2 Å². The number of hydrogen-bond donors (Lipinski definition) is 2. The second-order valence-corrected chi connectivity index (χ2v) is 6.34. The molecule has 2 rings (SSSR count). The largest absolute Gasteiger partial charge is 0.455 e. The van der Waals surface area contributed by atoms with Crippen molar-refractivity contribution in [3.8, 4) is 0 Å². The Morgan fingerprint density at radius 1 is 1.24 bits per heavy atom. The van der Waals surface area contributed by atoms with Crippen LogP contribution < -0.4 is 15.5 Å². The first-order valence-corrected chi connectivity index (χ1v) is 8.80. The first-order chi connectivity index (χ1) is 13.6. The number of benzene rings is 1. The molecule has 4 amide bonds. The van der Waals surface area contributed by atoms with Gasteiger partial charge in [-0.2, -0.15) is 13.2 Å². The van der Waals surface area contributed by atoms with Crippen LogP contribution in [0, 0.1) is 5.92 Å². The smallest absolute Gasteiger partial charge is 0.405 e. The summed E-state index contributed by atoms with van der Waals surface area (Å²) in [6.45, 7) is -0.434. The van der Waals surface area contributed by atoms with Gasteiger partial charge in [-0.15, -0.1) is 0 Å². The number of halogens is 3. The van der Waals surface area contributed by atoms with Crippen LogP contribution in [0.15, 0.2) is 24.3 Å². The predicted octanol–water partition coefficient (Wildman–Crippen LogP) is 1.53. The maximum absolute atomic E-state index is 12.3. The second kappa shape index (κ2) is 9.39. The summed E-state index contributed by atoms with van der Waals surface area (Å²) < 4.78 is 40.7. The number of urea groups is 1. The highest BCUT2D eigenvalue weighted by atomic mass is 19.4. The molecule has 0 bridgehead atoms. The number of aryl methyl sites for hydroxylation is 1. The van der Waals surface area contributed by atoms with Gasteiger partial charge < -0.3 is 15.0 Å². The summed E-state index contributed by atoms with van der Waals surface area (Å²) in [4.78, 5) is 48.6. The summed E-state index contributed by atoms with van der Waals surface area (Å²) in [5, 5.41) is 3.06. The van der Waals surface area contributed by atoms with E-state index in [4.69, 9.17) is 4.74 Å². The number of alkyl halides is 3. The van der Waals surface area contributed by atoms with Crippen LogP contribution in [0.1, 0.15) is 18.9 Å². The van der Waals surface area contributed by atoms with E-state index >= 15 is 0 Å². The number of amides is 4. The van der Waals surface area contributed by atoms with Crippen LogP contribution in [0.4, 0.5) is 23.7 Å². The van der Waals surface area contributed by atoms with E-state index in [1.54, 1.807) is 17.4 Å². The average Bonchev–Trinajstić information content (AvgIpc) is 3.05. The molecule has 11 heteroatoms. The molecule has 1 aromatic carbocycles. The molecular weight excluding hydrogens is 395 g/mol. The summed E-state index contributed by atoms with van der Waals surface area (Å²) in [5.74, 6) is -2.95. The van der Waals surface area contributed by atoms with Crippen molar-refractivity contribution >= 4 is 29.5 Å². The van der Waals surface area contributed by atoms with Crippen LogP contribution in [0.25, 0.3) is 0 Å². The van der Waals surface area contributed by atoms with Crippen molar-refractivity contribution in [2.24, 2.45) is 5.92 Å². The third-order valence-electron chi connectivity index (χ3n) is 4.17. The number of carbonyl (C=O) groups excluding carboxylic acids is 4.